The second kappa shape index (κ2) is 5.78. The van der Waals surface area contributed by atoms with E-state index in [4.69, 9.17) is 4.84 Å². The number of nitrogens with zero attached hydrogens (tertiary/aromatic N) is 2. The number of oxime groups is 1. The van der Waals surface area contributed by atoms with Crippen molar-refractivity contribution in [1.29, 1.82) is 0 Å². The summed E-state index contributed by atoms with van der Waals surface area (Å²) in [5.41, 5.74) is 3.50. The van der Waals surface area contributed by atoms with Gasteiger partial charge < -0.3 is 9.40 Å². The molecular weight excluding hydrogens is 304 g/mol. The Bertz CT molecular complexity index is 657. The van der Waals surface area contributed by atoms with Crippen LogP contribution in [-0.2, 0) is 9.63 Å². The van der Waals surface area contributed by atoms with Crippen LogP contribution in [0.4, 0.5) is 5.69 Å². The second-order valence-electron chi connectivity index (χ2n) is 8.00. The number of rotatable bonds is 3. The highest BCUT2D eigenvalue weighted by Gasteiger charge is 2.49. The van der Waals surface area contributed by atoms with E-state index in [9.17, 15) is 4.79 Å². The largest absolute Gasteiger partial charge is 0.398 e. The summed E-state index contributed by atoms with van der Waals surface area (Å²) in [6.45, 7) is 15.4. The van der Waals surface area contributed by atoms with Gasteiger partial charge in [-0.05, 0) is 28.7 Å². The molecule has 0 saturated heterocycles. The van der Waals surface area contributed by atoms with E-state index in [0.717, 1.165) is 11.3 Å². The van der Waals surface area contributed by atoms with Crippen molar-refractivity contribution in [3.63, 3.8) is 0 Å². The molecule has 0 radical (unpaired) electrons. The van der Waals surface area contributed by atoms with E-state index in [1.165, 1.54) is 12.7 Å². The lowest BCUT2D eigenvalue weighted by molar-refractivity contribution is -0.111. The van der Waals surface area contributed by atoms with Crippen LogP contribution in [0.15, 0.2) is 23.4 Å². The van der Waals surface area contributed by atoms with Crippen LogP contribution in [0.25, 0.3) is 0 Å². The molecule has 2 rings (SSSR count). The number of fused-ring (bicyclic) bond motifs is 1. The Kier molecular flexibility index (Phi) is 4.46. The molecule has 1 aliphatic heterocycles. The molecule has 0 fully saturated rings. The van der Waals surface area contributed by atoms with E-state index in [1.807, 2.05) is 4.57 Å². The van der Waals surface area contributed by atoms with Crippen LogP contribution in [0.2, 0.25) is 18.1 Å². The predicted molar refractivity (Wildman–Crippen MR) is 98.8 cm³/mol. The van der Waals surface area contributed by atoms with E-state index in [2.05, 4.69) is 71.1 Å². The average Bonchev–Trinajstić information content (AvgIpc) is 2.70. The van der Waals surface area contributed by atoms with Gasteiger partial charge in [-0.15, -0.1) is 0 Å². The fraction of sp³-hybridized carbons (Fsp3) is 0.556. The van der Waals surface area contributed by atoms with Gasteiger partial charge in [-0.2, -0.15) is 0 Å². The molecule has 0 spiro atoms. The zero-order valence-corrected chi connectivity index (χ0v) is 16.5. The summed E-state index contributed by atoms with van der Waals surface area (Å²) in [4.78, 5) is 18.0. The molecule has 1 aliphatic rings. The predicted octanol–water partition coefficient (Wildman–Crippen LogP) is 4.51. The smallest absolute Gasteiger partial charge is 0.273 e. The summed E-state index contributed by atoms with van der Waals surface area (Å²) in [5, 5.41) is 4.09. The molecule has 0 aromatic heterocycles. The summed E-state index contributed by atoms with van der Waals surface area (Å²) < 4.78 is 2.00. The molecule has 126 valence electrons. The highest BCUT2D eigenvalue weighted by Crippen LogP contribution is 2.44. The number of hydrogen-bond donors (Lipinski definition) is 0. The van der Waals surface area contributed by atoms with E-state index in [1.54, 1.807) is 0 Å². The molecule has 1 amide bonds. The SMILES string of the molecule is CO/N=C1/C(=O)N([Si](C)(C)C(C)(C)C)c2ccc(C(C)C)cc21. The molecular formula is C18H28N2O2Si. The van der Waals surface area contributed by atoms with Crippen LogP contribution < -0.4 is 4.57 Å². The first-order valence-electron chi connectivity index (χ1n) is 8.12. The second-order valence-corrected chi connectivity index (χ2v) is 13.1. The highest BCUT2D eigenvalue weighted by molar-refractivity contribution is 6.90. The molecule has 23 heavy (non-hydrogen) atoms. The van der Waals surface area contributed by atoms with Gasteiger partial charge >= 0.3 is 0 Å². The van der Waals surface area contributed by atoms with Crippen molar-refractivity contribution in [3.8, 4) is 0 Å². The number of carbonyl (C=O) groups is 1. The van der Waals surface area contributed by atoms with Crippen LogP contribution in [0.5, 0.6) is 0 Å². The quantitative estimate of drug-likeness (QED) is 0.603. The van der Waals surface area contributed by atoms with Gasteiger partial charge in [0, 0.05) is 11.3 Å². The van der Waals surface area contributed by atoms with Gasteiger partial charge in [0.25, 0.3) is 5.91 Å². The lowest BCUT2D eigenvalue weighted by Gasteiger charge is -2.43. The zero-order valence-electron chi connectivity index (χ0n) is 15.5. The molecule has 0 unspecified atom stereocenters. The summed E-state index contributed by atoms with van der Waals surface area (Å²) >= 11 is 0. The molecule has 5 heteroatoms. The fourth-order valence-corrected chi connectivity index (χ4v) is 4.78. The van der Waals surface area contributed by atoms with Crippen LogP contribution >= 0.6 is 0 Å². The normalized spacial score (nSPS) is 17.2. The Balaban J connectivity index is 2.67. The van der Waals surface area contributed by atoms with Gasteiger partial charge in [0.1, 0.15) is 7.11 Å². The molecule has 0 N–H and O–H groups in total. The zero-order chi connectivity index (χ0) is 17.6. The van der Waals surface area contributed by atoms with Gasteiger partial charge in [-0.1, -0.05) is 58.9 Å². The lowest BCUT2D eigenvalue weighted by atomic mass is 9.99. The maximum atomic E-state index is 13.1. The third-order valence-corrected chi connectivity index (χ3v) is 10.4. The average molecular weight is 333 g/mol. The fourth-order valence-electron chi connectivity index (χ4n) is 2.70. The first kappa shape index (κ1) is 17.7. The highest BCUT2D eigenvalue weighted by atomic mass is 28.3. The van der Waals surface area contributed by atoms with E-state index >= 15 is 0 Å². The number of carbonyl (C=O) groups excluding carboxylic acids is 1. The monoisotopic (exact) mass is 332 g/mol. The Morgan fingerprint density at radius 1 is 1.22 bits per heavy atom. The van der Waals surface area contributed by atoms with Crippen molar-refractivity contribution in [2.45, 2.75) is 58.7 Å². The summed E-state index contributed by atoms with van der Waals surface area (Å²) in [5.74, 6) is 0.371. The topological polar surface area (TPSA) is 41.9 Å². The van der Waals surface area contributed by atoms with Gasteiger partial charge in [0.2, 0.25) is 0 Å². The summed E-state index contributed by atoms with van der Waals surface area (Å²) in [6.07, 6.45) is 0. The van der Waals surface area contributed by atoms with E-state index < -0.39 is 8.24 Å². The molecule has 1 heterocycles. The third-order valence-electron chi connectivity index (χ3n) is 5.17. The lowest BCUT2D eigenvalue weighted by Crippen LogP contribution is -2.57. The Labute approximate surface area is 140 Å². The molecule has 4 nitrogen and oxygen atoms in total. The summed E-state index contributed by atoms with van der Waals surface area (Å²) in [6, 6.07) is 6.27. The van der Waals surface area contributed by atoms with Gasteiger partial charge in [-0.3, -0.25) is 4.79 Å². The van der Waals surface area contributed by atoms with Crippen molar-refractivity contribution in [3.05, 3.63) is 29.3 Å². The molecule has 1 aromatic carbocycles. The number of anilines is 1. The molecule has 0 aliphatic carbocycles. The van der Waals surface area contributed by atoms with Crippen LogP contribution in [0.3, 0.4) is 0 Å². The maximum absolute atomic E-state index is 13.1. The van der Waals surface area contributed by atoms with Gasteiger partial charge in [0.15, 0.2) is 13.9 Å². The first-order valence-corrected chi connectivity index (χ1v) is 11.1. The molecule has 0 atom stereocenters. The van der Waals surface area contributed by atoms with Crippen LogP contribution in [0, 0.1) is 0 Å². The maximum Gasteiger partial charge on any atom is 0.273 e. The standard InChI is InChI=1S/C18H28N2O2Si/c1-12(2)13-9-10-15-14(11-13)16(19-22-6)17(21)20(15)23(7,8)18(3,4)5/h9-12H,1-8H3/b19-16+. The Morgan fingerprint density at radius 2 is 1.83 bits per heavy atom. The van der Waals surface area contributed by atoms with Gasteiger partial charge in [0.05, 0.1) is 0 Å². The third kappa shape index (κ3) is 2.82. The van der Waals surface area contributed by atoms with Gasteiger partial charge in [-0.25, -0.2) is 0 Å². The van der Waals surface area contributed by atoms with Crippen molar-refractivity contribution in [2.24, 2.45) is 5.16 Å². The van der Waals surface area contributed by atoms with Crippen molar-refractivity contribution >= 4 is 25.5 Å². The Hall–Kier alpha value is -1.62. The van der Waals surface area contributed by atoms with E-state index in [0.29, 0.717) is 11.6 Å². The van der Waals surface area contributed by atoms with Crippen LogP contribution in [0.1, 0.15) is 51.7 Å². The minimum Gasteiger partial charge on any atom is -0.398 e. The molecule has 0 saturated carbocycles. The minimum absolute atomic E-state index is 0.0330. The number of hydrogen-bond acceptors (Lipinski definition) is 3. The number of benzene rings is 1. The van der Waals surface area contributed by atoms with Crippen molar-refractivity contribution in [2.75, 3.05) is 11.7 Å². The minimum atomic E-state index is -2.05. The summed E-state index contributed by atoms with van der Waals surface area (Å²) in [7, 11) is -0.567. The van der Waals surface area contributed by atoms with Crippen LogP contribution in [-0.4, -0.2) is 27.0 Å². The first-order chi connectivity index (χ1) is 10.5. The number of amides is 1. The van der Waals surface area contributed by atoms with Crippen molar-refractivity contribution in [1.82, 2.24) is 0 Å². The molecule has 1 aromatic rings. The Morgan fingerprint density at radius 3 is 2.30 bits per heavy atom. The van der Waals surface area contributed by atoms with Crippen molar-refractivity contribution < 1.29 is 9.63 Å². The molecule has 0 bridgehead atoms. The van der Waals surface area contributed by atoms with E-state index in [-0.39, 0.29) is 10.9 Å².